The van der Waals surface area contributed by atoms with Crippen LogP contribution < -0.4 is 0 Å². The molecule has 2 aliphatic rings. The van der Waals surface area contributed by atoms with Crippen LogP contribution in [0.5, 0.6) is 0 Å². The molecule has 2 rings (SSSR count). The largest absolute Gasteiger partial charge is 0.0533 e. The van der Waals surface area contributed by atoms with Crippen LogP contribution in [0.4, 0.5) is 0 Å². The second kappa shape index (κ2) is 4.30. The van der Waals surface area contributed by atoms with Crippen LogP contribution in [0, 0.1) is 11.8 Å². The van der Waals surface area contributed by atoms with Crippen LogP contribution in [0.25, 0.3) is 0 Å². The van der Waals surface area contributed by atoms with Crippen molar-refractivity contribution in [3.8, 4) is 0 Å². The van der Waals surface area contributed by atoms with Crippen molar-refractivity contribution in [3.63, 3.8) is 0 Å². The maximum Gasteiger partial charge on any atom is -0.0411 e. The molecule has 0 N–H and O–H groups in total. The van der Waals surface area contributed by atoms with Gasteiger partial charge in [-0.1, -0.05) is 57.8 Å². The van der Waals surface area contributed by atoms with Gasteiger partial charge in [-0.25, -0.2) is 0 Å². The quantitative estimate of drug-likeness (QED) is 0.578. The van der Waals surface area contributed by atoms with Gasteiger partial charge in [-0.15, -0.1) is 0 Å². The van der Waals surface area contributed by atoms with E-state index >= 15 is 0 Å². The molecule has 70 valence electrons. The van der Waals surface area contributed by atoms with Crippen molar-refractivity contribution in [2.45, 2.75) is 64.2 Å². The van der Waals surface area contributed by atoms with Gasteiger partial charge in [0.15, 0.2) is 0 Å². The highest BCUT2D eigenvalue weighted by atomic mass is 14.3. The van der Waals surface area contributed by atoms with E-state index < -0.39 is 0 Å². The Labute approximate surface area is 76.7 Å². The van der Waals surface area contributed by atoms with Gasteiger partial charge in [-0.05, 0) is 18.3 Å². The summed E-state index contributed by atoms with van der Waals surface area (Å²) in [4.78, 5) is 0. The van der Waals surface area contributed by atoms with Crippen LogP contribution in [0.2, 0.25) is 0 Å². The highest BCUT2D eigenvalue weighted by Gasteiger charge is 2.25. The van der Waals surface area contributed by atoms with Gasteiger partial charge in [0, 0.05) is 0 Å². The fourth-order valence-corrected chi connectivity index (χ4v) is 2.60. The molecule has 0 unspecified atom stereocenters. The Morgan fingerprint density at radius 3 is 1.67 bits per heavy atom. The summed E-state index contributed by atoms with van der Waals surface area (Å²) in [6.07, 6.45) is 15.4. The normalized spacial score (nSPS) is 28.0. The smallest absolute Gasteiger partial charge is 0.0411 e. The molecule has 0 nitrogen and oxygen atoms in total. The molecule has 0 radical (unpaired) electrons. The fraction of sp³-hybridized carbons (Fsp3) is 1.00. The fourth-order valence-electron chi connectivity index (χ4n) is 2.60. The van der Waals surface area contributed by atoms with Gasteiger partial charge in [0.25, 0.3) is 0 Å². The first-order valence-corrected chi connectivity index (χ1v) is 5.95. The van der Waals surface area contributed by atoms with Gasteiger partial charge in [0.1, 0.15) is 0 Å². The lowest BCUT2D eigenvalue weighted by molar-refractivity contribution is 0.345. The zero-order valence-electron chi connectivity index (χ0n) is 8.23. The van der Waals surface area contributed by atoms with E-state index in [0.29, 0.717) is 0 Å². The lowest BCUT2D eigenvalue weighted by Crippen LogP contribution is -2.04. The Hall–Kier alpha value is 0. The highest BCUT2D eigenvalue weighted by Crippen LogP contribution is 2.38. The number of rotatable bonds is 2. The third-order valence-electron chi connectivity index (χ3n) is 3.59. The maximum absolute atomic E-state index is 1.58. The van der Waals surface area contributed by atoms with Crippen LogP contribution >= 0.6 is 0 Å². The second-order valence-electron chi connectivity index (χ2n) is 4.89. The minimum atomic E-state index is 1.12. The predicted octanol–water partition coefficient (Wildman–Crippen LogP) is 4.15. The molecule has 0 bridgehead atoms. The van der Waals surface area contributed by atoms with Gasteiger partial charge < -0.3 is 0 Å². The average Bonchev–Trinajstić information content (AvgIpc) is 2.78. The summed E-state index contributed by atoms with van der Waals surface area (Å²) in [6, 6.07) is 0. The summed E-state index contributed by atoms with van der Waals surface area (Å²) in [5.41, 5.74) is 0. The van der Waals surface area contributed by atoms with E-state index in [1.54, 1.807) is 32.1 Å². The molecule has 0 aliphatic heterocycles. The topological polar surface area (TPSA) is 0 Å². The molecule has 0 heterocycles. The first-order valence-electron chi connectivity index (χ1n) is 5.95. The standard InChI is InChI=1S/C12H22/c1-2-4-6-11(7-5-3-1)10-12-8-9-12/h11-12H,1-10H2. The van der Waals surface area contributed by atoms with E-state index in [0.717, 1.165) is 11.8 Å². The average molecular weight is 166 g/mol. The molecule has 2 saturated carbocycles. The SMILES string of the molecule is C1CCCC(CC2CC2)CCC1. The van der Waals surface area contributed by atoms with Gasteiger partial charge >= 0.3 is 0 Å². The number of hydrogen-bond donors (Lipinski definition) is 0. The monoisotopic (exact) mass is 166 g/mol. The van der Waals surface area contributed by atoms with Gasteiger partial charge in [0.2, 0.25) is 0 Å². The third kappa shape index (κ3) is 2.80. The highest BCUT2D eigenvalue weighted by molar-refractivity contribution is 4.77. The molecular formula is C12H22. The minimum Gasteiger partial charge on any atom is -0.0533 e. The Morgan fingerprint density at radius 2 is 1.08 bits per heavy atom. The lowest BCUT2D eigenvalue weighted by Gasteiger charge is -2.18. The van der Waals surface area contributed by atoms with Crippen molar-refractivity contribution in [1.29, 1.82) is 0 Å². The Morgan fingerprint density at radius 1 is 0.583 bits per heavy atom. The zero-order chi connectivity index (χ0) is 8.23. The third-order valence-corrected chi connectivity index (χ3v) is 3.59. The first-order chi connectivity index (χ1) is 5.95. The van der Waals surface area contributed by atoms with Crippen molar-refractivity contribution in [2.24, 2.45) is 11.8 Å². The van der Waals surface area contributed by atoms with Crippen molar-refractivity contribution in [3.05, 3.63) is 0 Å². The molecule has 2 fully saturated rings. The first kappa shape index (κ1) is 8.59. The van der Waals surface area contributed by atoms with E-state index in [4.69, 9.17) is 0 Å². The second-order valence-corrected chi connectivity index (χ2v) is 4.89. The molecule has 0 saturated heterocycles. The molecule has 2 aliphatic carbocycles. The van der Waals surface area contributed by atoms with E-state index in [2.05, 4.69) is 0 Å². The van der Waals surface area contributed by atoms with E-state index in [9.17, 15) is 0 Å². The Bertz CT molecular complexity index is 116. The van der Waals surface area contributed by atoms with Crippen molar-refractivity contribution in [2.75, 3.05) is 0 Å². The molecule has 0 aromatic heterocycles. The van der Waals surface area contributed by atoms with Gasteiger partial charge in [-0.2, -0.15) is 0 Å². The Balaban J connectivity index is 1.69. The Kier molecular flexibility index (Phi) is 3.08. The summed E-state index contributed by atoms with van der Waals surface area (Å²) in [5, 5.41) is 0. The number of hydrogen-bond acceptors (Lipinski definition) is 0. The van der Waals surface area contributed by atoms with Crippen LogP contribution in [-0.4, -0.2) is 0 Å². The van der Waals surface area contributed by atoms with E-state index in [1.807, 2.05) is 0 Å². The van der Waals surface area contributed by atoms with Gasteiger partial charge in [0.05, 0.1) is 0 Å². The summed E-state index contributed by atoms with van der Waals surface area (Å²) in [5.74, 6) is 2.28. The van der Waals surface area contributed by atoms with Crippen molar-refractivity contribution >= 4 is 0 Å². The molecule has 12 heavy (non-hydrogen) atoms. The summed E-state index contributed by atoms with van der Waals surface area (Å²) in [7, 11) is 0. The maximum atomic E-state index is 1.58. The van der Waals surface area contributed by atoms with Crippen molar-refractivity contribution in [1.82, 2.24) is 0 Å². The summed E-state index contributed by atoms with van der Waals surface area (Å²) < 4.78 is 0. The van der Waals surface area contributed by atoms with E-state index in [1.165, 1.54) is 32.1 Å². The molecular weight excluding hydrogens is 144 g/mol. The lowest BCUT2D eigenvalue weighted by atomic mass is 9.87. The molecule has 0 aromatic rings. The minimum absolute atomic E-state index is 1.12. The molecule has 0 atom stereocenters. The van der Waals surface area contributed by atoms with Gasteiger partial charge in [-0.3, -0.25) is 0 Å². The zero-order valence-corrected chi connectivity index (χ0v) is 8.23. The molecule has 0 spiro atoms. The summed E-state index contributed by atoms with van der Waals surface area (Å²) in [6.45, 7) is 0. The van der Waals surface area contributed by atoms with E-state index in [-0.39, 0.29) is 0 Å². The predicted molar refractivity (Wildman–Crippen MR) is 53.2 cm³/mol. The van der Waals surface area contributed by atoms with Crippen LogP contribution in [0.3, 0.4) is 0 Å². The van der Waals surface area contributed by atoms with Crippen LogP contribution in [0.1, 0.15) is 64.2 Å². The van der Waals surface area contributed by atoms with Crippen LogP contribution in [-0.2, 0) is 0 Å². The van der Waals surface area contributed by atoms with Crippen molar-refractivity contribution < 1.29 is 0 Å². The summed E-state index contributed by atoms with van der Waals surface area (Å²) >= 11 is 0. The molecule has 0 aromatic carbocycles. The van der Waals surface area contributed by atoms with Crippen LogP contribution in [0.15, 0.2) is 0 Å². The molecule has 0 heteroatoms. The molecule has 0 amide bonds.